The lowest BCUT2D eigenvalue weighted by molar-refractivity contribution is -0.113. The molecule has 156 valence electrons. The highest BCUT2D eigenvalue weighted by molar-refractivity contribution is 9.10. The predicted octanol–water partition coefficient (Wildman–Crippen LogP) is 5.51. The molecule has 1 aromatic heterocycles. The van der Waals surface area contributed by atoms with Crippen molar-refractivity contribution in [3.63, 3.8) is 0 Å². The number of thioether (sulfide) groups is 1. The van der Waals surface area contributed by atoms with Crippen molar-refractivity contribution >= 4 is 39.3 Å². The van der Waals surface area contributed by atoms with E-state index in [1.807, 2.05) is 38.1 Å². The molecule has 2 N–H and O–H groups in total. The van der Waals surface area contributed by atoms with Crippen molar-refractivity contribution in [1.29, 1.82) is 0 Å². The molecule has 1 heterocycles. The van der Waals surface area contributed by atoms with Crippen LogP contribution in [-0.2, 0) is 11.2 Å². The van der Waals surface area contributed by atoms with Crippen molar-refractivity contribution in [2.75, 3.05) is 11.1 Å². The normalized spacial score (nSPS) is 14.9. The molecule has 5 nitrogen and oxygen atoms in total. The van der Waals surface area contributed by atoms with E-state index in [9.17, 15) is 9.59 Å². The first kappa shape index (κ1) is 22.1. The third-order valence-electron chi connectivity index (χ3n) is 5.26. The van der Waals surface area contributed by atoms with Crippen LogP contribution in [0.15, 0.2) is 38.7 Å². The lowest BCUT2D eigenvalue weighted by atomic mass is 9.84. The van der Waals surface area contributed by atoms with Crippen LogP contribution in [0, 0.1) is 5.92 Å². The van der Waals surface area contributed by atoms with Gasteiger partial charge >= 0.3 is 0 Å². The van der Waals surface area contributed by atoms with Crippen molar-refractivity contribution < 1.29 is 4.79 Å². The molecular formula is C22H28BrN3O2S. The van der Waals surface area contributed by atoms with E-state index < -0.39 is 0 Å². The van der Waals surface area contributed by atoms with Gasteiger partial charge in [-0.15, -0.1) is 0 Å². The van der Waals surface area contributed by atoms with Gasteiger partial charge in [0.1, 0.15) is 0 Å². The molecule has 3 rings (SSSR count). The summed E-state index contributed by atoms with van der Waals surface area (Å²) in [5.74, 6) is 0.809. The molecule has 0 saturated heterocycles. The van der Waals surface area contributed by atoms with Crippen molar-refractivity contribution in [2.24, 2.45) is 5.92 Å². The van der Waals surface area contributed by atoms with Gasteiger partial charge in [0, 0.05) is 15.7 Å². The molecule has 1 saturated carbocycles. The molecule has 1 aliphatic carbocycles. The monoisotopic (exact) mass is 477 g/mol. The molecule has 0 atom stereocenters. The fourth-order valence-electron chi connectivity index (χ4n) is 3.85. The Labute approximate surface area is 184 Å². The second-order valence-electron chi connectivity index (χ2n) is 7.94. The summed E-state index contributed by atoms with van der Waals surface area (Å²) in [4.78, 5) is 32.6. The summed E-state index contributed by atoms with van der Waals surface area (Å²) < 4.78 is 0.961. The number of hydrogen-bond donors (Lipinski definition) is 2. The molecule has 7 heteroatoms. The van der Waals surface area contributed by atoms with Crippen molar-refractivity contribution in [2.45, 2.75) is 63.4 Å². The number of carbonyl (C=O) groups excluding carboxylic acids is 1. The SMILES string of the molecule is CC(C)c1c(CC2CCCCC2)nc(SCC(=O)Nc2ccc(Br)cc2)[nH]c1=O. The summed E-state index contributed by atoms with van der Waals surface area (Å²) in [6.45, 7) is 4.07. The molecule has 0 aliphatic heterocycles. The Morgan fingerprint density at radius 2 is 1.93 bits per heavy atom. The van der Waals surface area contributed by atoms with E-state index in [1.54, 1.807) is 0 Å². The number of rotatable bonds is 7. The highest BCUT2D eigenvalue weighted by atomic mass is 79.9. The molecular weight excluding hydrogens is 450 g/mol. The van der Waals surface area contributed by atoms with Gasteiger partial charge in [0.2, 0.25) is 5.91 Å². The fourth-order valence-corrected chi connectivity index (χ4v) is 4.80. The molecule has 1 amide bonds. The van der Waals surface area contributed by atoms with E-state index in [-0.39, 0.29) is 23.1 Å². The number of H-pyrrole nitrogens is 1. The summed E-state index contributed by atoms with van der Waals surface area (Å²) in [6, 6.07) is 7.44. The van der Waals surface area contributed by atoms with E-state index in [2.05, 4.69) is 26.2 Å². The van der Waals surface area contributed by atoms with Gasteiger partial charge < -0.3 is 10.3 Å². The lowest BCUT2D eigenvalue weighted by Gasteiger charge is -2.22. The summed E-state index contributed by atoms with van der Waals surface area (Å²) in [5.41, 5.74) is 2.37. The second-order valence-corrected chi connectivity index (χ2v) is 9.82. The zero-order valence-electron chi connectivity index (χ0n) is 17.0. The Morgan fingerprint density at radius 3 is 2.59 bits per heavy atom. The van der Waals surface area contributed by atoms with Crippen LogP contribution in [0.25, 0.3) is 0 Å². The maximum absolute atomic E-state index is 12.7. The van der Waals surface area contributed by atoms with Crippen molar-refractivity contribution in [3.05, 3.63) is 50.3 Å². The van der Waals surface area contributed by atoms with E-state index >= 15 is 0 Å². The lowest BCUT2D eigenvalue weighted by Crippen LogP contribution is -2.23. The Morgan fingerprint density at radius 1 is 1.24 bits per heavy atom. The van der Waals surface area contributed by atoms with Crippen molar-refractivity contribution in [3.8, 4) is 0 Å². The van der Waals surface area contributed by atoms with Gasteiger partial charge in [0.15, 0.2) is 5.16 Å². The maximum atomic E-state index is 12.7. The zero-order valence-corrected chi connectivity index (χ0v) is 19.4. The minimum atomic E-state index is -0.123. The number of anilines is 1. The molecule has 1 aliphatic rings. The number of halogens is 1. The molecule has 29 heavy (non-hydrogen) atoms. The second kappa shape index (κ2) is 10.4. The highest BCUT2D eigenvalue weighted by Crippen LogP contribution is 2.28. The van der Waals surface area contributed by atoms with Crippen LogP contribution in [0.4, 0.5) is 5.69 Å². The summed E-state index contributed by atoms with van der Waals surface area (Å²) in [6.07, 6.45) is 7.13. The number of amides is 1. The number of hydrogen-bond acceptors (Lipinski definition) is 4. The Kier molecular flexibility index (Phi) is 7.95. The first-order chi connectivity index (χ1) is 13.9. The van der Waals surface area contributed by atoms with E-state index in [4.69, 9.17) is 4.98 Å². The number of carbonyl (C=O) groups is 1. The molecule has 1 fully saturated rings. The van der Waals surface area contributed by atoms with Gasteiger partial charge in [-0.1, -0.05) is 73.6 Å². The fraction of sp³-hybridized carbons (Fsp3) is 0.500. The van der Waals surface area contributed by atoms with E-state index in [0.29, 0.717) is 11.1 Å². The third-order valence-corrected chi connectivity index (χ3v) is 6.67. The standard InChI is InChI=1S/C22H28BrN3O2S/c1-14(2)20-18(12-15-6-4-3-5-7-15)25-22(26-21(20)28)29-13-19(27)24-17-10-8-16(23)9-11-17/h8-11,14-15H,3-7,12-13H2,1-2H3,(H,24,27)(H,25,26,28). The quantitative estimate of drug-likeness (QED) is 0.407. The van der Waals surface area contributed by atoms with Gasteiger partial charge in [-0.2, -0.15) is 0 Å². The Balaban J connectivity index is 1.69. The first-order valence-corrected chi connectivity index (χ1v) is 12.0. The van der Waals surface area contributed by atoms with E-state index in [0.717, 1.165) is 27.8 Å². The molecule has 0 radical (unpaired) electrons. The number of benzene rings is 1. The van der Waals surface area contributed by atoms with Crippen molar-refractivity contribution in [1.82, 2.24) is 9.97 Å². The topological polar surface area (TPSA) is 74.8 Å². The maximum Gasteiger partial charge on any atom is 0.255 e. The van der Waals surface area contributed by atoms with Crippen LogP contribution >= 0.6 is 27.7 Å². The summed E-state index contributed by atoms with van der Waals surface area (Å²) >= 11 is 4.65. The predicted molar refractivity (Wildman–Crippen MR) is 123 cm³/mol. The summed E-state index contributed by atoms with van der Waals surface area (Å²) in [5, 5.41) is 3.39. The first-order valence-electron chi connectivity index (χ1n) is 10.2. The van der Waals surface area contributed by atoms with Crippen LogP contribution in [0.3, 0.4) is 0 Å². The number of nitrogens with zero attached hydrogens (tertiary/aromatic N) is 1. The largest absolute Gasteiger partial charge is 0.325 e. The Bertz CT molecular complexity index is 890. The number of aromatic amines is 1. The molecule has 1 aromatic carbocycles. The van der Waals surface area contributed by atoms with Gasteiger partial charge in [-0.25, -0.2) is 4.98 Å². The molecule has 0 bridgehead atoms. The van der Waals surface area contributed by atoms with Gasteiger partial charge in [0.25, 0.3) is 5.56 Å². The van der Waals surface area contributed by atoms with Crippen LogP contribution < -0.4 is 10.9 Å². The third kappa shape index (κ3) is 6.44. The smallest absolute Gasteiger partial charge is 0.255 e. The Hall–Kier alpha value is -1.60. The number of nitrogens with one attached hydrogen (secondary N) is 2. The average Bonchev–Trinajstić information content (AvgIpc) is 2.68. The summed E-state index contributed by atoms with van der Waals surface area (Å²) in [7, 11) is 0. The van der Waals surface area contributed by atoms with Crippen LogP contribution in [0.2, 0.25) is 0 Å². The molecule has 0 spiro atoms. The van der Waals surface area contributed by atoms with E-state index in [1.165, 1.54) is 43.9 Å². The van der Waals surface area contributed by atoms with Gasteiger partial charge in [-0.05, 0) is 42.5 Å². The zero-order chi connectivity index (χ0) is 20.8. The van der Waals surface area contributed by atoms with Gasteiger partial charge in [-0.3, -0.25) is 9.59 Å². The van der Waals surface area contributed by atoms with Crippen LogP contribution in [0.1, 0.15) is 63.1 Å². The number of aromatic nitrogens is 2. The highest BCUT2D eigenvalue weighted by Gasteiger charge is 2.21. The molecule has 2 aromatic rings. The molecule has 0 unspecified atom stereocenters. The van der Waals surface area contributed by atoms with Crippen LogP contribution in [0.5, 0.6) is 0 Å². The minimum Gasteiger partial charge on any atom is -0.325 e. The average molecular weight is 478 g/mol. The van der Waals surface area contributed by atoms with Gasteiger partial charge in [0.05, 0.1) is 11.4 Å². The van der Waals surface area contributed by atoms with Crippen LogP contribution in [-0.4, -0.2) is 21.6 Å². The minimum absolute atomic E-state index is 0.0726.